The molecule has 168 valence electrons. The number of sulfonamides is 1. The molecule has 0 aromatic heterocycles. The molecule has 1 N–H and O–H groups in total. The molecule has 0 saturated heterocycles. The Morgan fingerprint density at radius 2 is 1.72 bits per heavy atom. The third-order valence-electron chi connectivity index (χ3n) is 4.91. The molecular formula is C24H25ClN2O4S. The fraction of sp³-hybridized carbons (Fsp3) is 0.208. The number of benzene rings is 3. The van der Waals surface area contributed by atoms with Crippen molar-refractivity contribution in [1.82, 2.24) is 5.32 Å². The fourth-order valence-corrected chi connectivity index (χ4v) is 4.45. The van der Waals surface area contributed by atoms with Crippen molar-refractivity contribution in [1.29, 1.82) is 0 Å². The lowest BCUT2D eigenvalue weighted by atomic mass is 9.97. The van der Waals surface area contributed by atoms with Crippen molar-refractivity contribution >= 4 is 33.2 Å². The molecule has 0 heterocycles. The summed E-state index contributed by atoms with van der Waals surface area (Å²) < 4.78 is 31.4. The molecule has 1 unspecified atom stereocenters. The van der Waals surface area contributed by atoms with Crippen LogP contribution in [0.3, 0.4) is 0 Å². The van der Waals surface area contributed by atoms with Crippen molar-refractivity contribution in [2.45, 2.75) is 13.0 Å². The predicted molar refractivity (Wildman–Crippen MR) is 128 cm³/mol. The first-order valence-electron chi connectivity index (χ1n) is 9.91. The van der Waals surface area contributed by atoms with E-state index in [4.69, 9.17) is 16.3 Å². The van der Waals surface area contributed by atoms with Crippen LogP contribution in [0.2, 0.25) is 5.02 Å². The zero-order chi connectivity index (χ0) is 23.3. The number of nitrogens with one attached hydrogen (secondary N) is 1. The molecule has 6 nitrogen and oxygen atoms in total. The summed E-state index contributed by atoms with van der Waals surface area (Å²) in [4.78, 5) is 13.1. The van der Waals surface area contributed by atoms with Crippen LogP contribution in [-0.4, -0.2) is 34.2 Å². The summed E-state index contributed by atoms with van der Waals surface area (Å²) in [5.74, 6) is -0.168. The quantitative estimate of drug-likeness (QED) is 0.529. The van der Waals surface area contributed by atoms with Crippen LogP contribution in [0.15, 0.2) is 72.8 Å². The van der Waals surface area contributed by atoms with E-state index in [2.05, 4.69) is 5.32 Å². The number of hydrogen-bond donors (Lipinski definition) is 1. The number of carbonyl (C=O) groups excluding carboxylic acids is 1. The molecule has 0 aliphatic carbocycles. The molecular weight excluding hydrogens is 448 g/mol. The highest BCUT2D eigenvalue weighted by molar-refractivity contribution is 7.92. The van der Waals surface area contributed by atoms with Gasteiger partial charge in [-0.2, -0.15) is 0 Å². The van der Waals surface area contributed by atoms with E-state index in [-0.39, 0.29) is 5.69 Å². The van der Waals surface area contributed by atoms with E-state index in [1.54, 1.807) is 12.1 Å². The number of ether oxygens (including phenoxy) is 1. The minimum Gasteiger partial charge on any atom is -0.495 e. The van der Waals surface area contributed by atoms with Crippen molar-refractivity contribution in [3.63, 3.8) is 0 Å². The molecule has 0 aliphatic heterocycles. The molecule has 1 amide bonds. The van der Waals surface area contributed by atoms with E-state index in [9.17, 15) is 13.2 Å². The SMILES string of the molecule is COc1ccc(Cl)cc1N(CC(=O)NC(c1ccccc1)c1cccc(C)c1)S(C)(=O)=O. The Labute approximate surface area is 193 Å². The number of methoxy groups -OCH3 is 1. The normalized spacial score (nSPS) is 12.1. The number of amides is 1. The average molecular weight is 473 g/mol. The van der Waals surface area contributed by atoms with E-state index >= 15 is 0 Å². The van der Waals surface area contributed by atoms with Crippen LogP contribution in [0.1, 0.15) is 22.7 Å². The Bertz CT molecular complexity index is 1200. The van der Waals surface area contributed by atoms with Gasteiger partial charge in [-0.25, -0.2) is 8.42 Å². The summed E-state index contributed by atoms with van der Waals surface area (Å²) >= 11 is 6.09. The molecule has 0 fully saturated rings. The largest absolute Gasteiger partial charge is 0.495 e. The summed E-state index contributed by atoms with van der Waals surface area (Å²) in [7, 11) is -2.37. The smallest absolute Gasteiger partial charge is 0.241 e. The van der Waals surface area contributed by atoms with Gasteiger partial charge in [0.1, 0.15) is 12.3 Å². The number of aryl methyl sites for hydroxylation is 1. The first-order valence-corrected chi connectivity index (χ1v) is 12.1. The summed E-state index contributed by atoms with van der Waals surface area (Å²) in [6.07, 6.45) is 1.04. The van der Waals surface area contributed by atoms with Gasteiger partial charge in [0.05, 0.1) is 25.1 Å². The lowest BCUT2D eigenvalue weighted by Crippen LogP contribution is -2.42. The van der Waals surface area contributed by atoms with Gasteiger partial charge in [-0.1, -0.05) is 71.8 Å². The number of nitrogens with zero attached hydrogens (tertiary/aromatic N) is 1. The van der Waals surface area contributed by atoms with Crippen molar-refractivity contribution in [2.24, 2.45) is 0 Å². The van der Waals surface area contributed by atoms with Crippen LogP contribution in [0.25, 0.3) is 0 Å². The highest BCUT2D eigenvalue weighted by atomic mass is 35.5. The number of anilines is 1. The van der Waals surface area contributed by atoms with Crippen LogP contribution < -0.4 is 14.4 Å². The zero-order valence-corrected chi connectivity index (χ0v) is 19.7. The summed E-state index contributed by atoms with van der Waals surface area (Å²) in [6.45, 7) is 1.55. The first kappa shape index (κ1) is 23.6. The van der Waals surface area contributed by atoms with Crippen molar-refractivity contribution in [3.8, 4) is 5.75 Å². The summed E-state index contributed by atoms with van der Waals surface area (Å²) in [5.41, 5.74) is 3.04. The van der Waals surface area contributed by atoms with Crippen molar-refractivity contribution in [3.05, 3.63) is 94.5 Å². The van der Waals surface area contributed by atoms with Crippen LogP contribution in [0.4, 0.5) is 5.69 Å². The zero-order valence-electron chi connectivity index (χ0n) is 18.1. The standard InChI is InChI=1S/C24H25ClN2O4S/c1-17-8-7-11-19(14-17)24(18-9-5-4-6-10-18)26-23(28)16-27(32(3,29)30)21-15-20(25)12-13-22(21)31-2/h4-15,24H,16H2,1-3H3,(H,26,28). The van der Waals surface area contributed by atoms with Gasteiger partial charge in [-0.05, 0) is 36.2 Å². The third kappa shape index (κ3) is 5.81. The lowest BCUT2D eigenvalue weighted by molar-refractivity contribution is -0.120. The minimum atomic E-state index is -3.80. The highest BCUT2D eigenvalue weighted by Crippen LogP contribution is 2.33. The molecule has 1 atom stereocenters. The van der Waals surface area contributed by atoms with Gasteiger partial charge in [-0.15, -0.1) is 0 Å². The Hall–Kier alpha value is -3.03. The van der Waals surface area contributed by atoms with Gasteiger partial charge in [0.15, 0.2) is 0 Å². The maximum absolute atomic E-state index is 13.1. The Morgan fingerprint density at radius 1 is 1.03 bits per heavy atom. The molecule has 0 spiro atoms. The van der Waals surface area contributed by atoms with Crippen molar-refractivity contribution < 1.29 is 17.9 Å². The van der Waals surface area contributed by atoms with Crippen LogP contribution >= 0.6 is 11.6 Å². The molecule has 3 aromatic rings. The molecule has 3 aromatic carbocycles. The topological polar surface area (TPSA) is 75.7 Å². The Kier molecular flexibility index (Phi) is 7.43. The number of hydrogen-bond acceptors (Lipinski definition) is 4. The fourth-order valence-electron chi connectivity index (χ4n) is 3.43. The second kappa shape index (κ2) is 10.1. The number of rotatable bonds is 8. The molecule has 8 heteroatoms. The lowest BCUT2D eigenvalue weighted by Gasteiger charge is -2.26. The molecule has 0 aliphatic rings. The van der Waals surface area contributed by atoms with Gasteiger partial charge >= 0.3 is 0 Å². The Balaban J connectivity index is 1.94. The average Bonchev–Trinajstić information content (AvgIpc) is 2.75. The molecule has 0 bridgehead atoms. The highest BCUT2D eigenvalue weighted by Gasteiger charge is 2.26. The number of halogens is 1. The maximum Gasteiger partial charge on any atom is 0.241 e. The molecule has 32 heavy (non-hydrogen) atoms. The van der Waals surface area contributed by atoms with Gasteiger partial charge in [0.2, 0.25) is 15.9 Å². The van der Waals surface area contributed by atoms with Crippen LogP contribution in [0, 0.1) is 6.92 Å². The van der Waals surface area contributed by atoms with Gasteiger partial charge in [0, 0.05) is 5.02 Å². The van der Waals surface area contributed by atoms with E-state index in [0.717, 1.165) is 27.3 Å². The second-order valence-corrected chi connectivity index (χ2v) is 9.75. The van der Waals surface area contributed by atoms with Gasteiger partial charge < -0.3 is 10.1 Å². The number of carbonyl (C=O) groups is 1. The summed E-state index contributed by atoms with van der Waals surface area (Å²) in [6, 6.07) is 21.5. The van der Waals surface area contributed by atoms with Crippen LogP contribution in [-0.2, 0) is 14.8 Å². The van der Waals surface area contributed by atoms with Gasteiger partial charge in [0.25, 0.3) is 0 Å². The van der Waals surface area contributed by atoms with E-state index in [1.807, 2.05) is 61.5 Å². The van der Waals surface area contributed by atoms with Crippen LogP contribution in [0.5, 0.6) is 5.75 Å². The maximum atomic E-state index is 13.1. The van der Waals surface area contributed by atoms with Gasteiger partial charge in [-0.3, -0.25) is 9.10 Å². The third-order valence-corrected chi connectivity index (χ3v) is 6.27. The summed E-state index contributed by atoms with van der Waals surface area (Å²) in [5, 5.41) is 3.31. The van der Waals surface area contributed by atoms with E-state index in [1.165, 1.54) is 13.2 Å². The molecule has 0 radical (unpaired) electrons. The van der Waals surface area contributed by atoms with Crippen molar-refractivity contribution in [2.75, 3.05) is 24.2 Å². The monoisotopic (exact) mass is 472 g/mol. The predicted octanol–water partition coefficient (Wildman–Crippen LogP) is 4.33. The van der Waals surface area contributed by atoms with E-state index in [0.29, 0.717) is 10.8 Å². The molecule has 0 saturated carbocycles. The first-order chi connectivity index (χ1) is 15.2. The minimum absolute atomic E-state index is 0.199. The Morgan fingerprint density at radius 3 is 2.34 bits per heavy atom. The molecule has 3 rings (SSSR count). The van der Waals surface area contributed by atoms with E-state index < -0.39 is 28.5 Å². The second-order valence-electron chi connectivity index (χ2n) is 7.41.